The van der Waals surface area contributed by atoms with E-state index in [9.17, 15) is 22.4 Å². The Balaban J connectivity index is 1.60. The van der Waals surface area contributed by atoms with Crippen LogP contribution in [-0.2, 0) is 14.8 Å². The lowest BCUT2D eigenvalue weighted by Gasteiger charge is -2.36. The molecule has 0 saturated carbocycles. The number of nitrogens with one attached hydrogen (secondary N) is 2. The van der Waals surface area contributed by atoms with Crippen LogP contribution < -0.4 is 10.0 Å². The summed E-state index contributed by atoms with van der Waals surface area (Å²) in [4.78, 5) is 28.9. The average molecular weight is 495 g/mol. The number of piperazine rings is 1. The van der Waals surface area contributed by atoms with Crippen LogP contribution in [-0.4, -0.2) is 74.4 Å². The highest BCUT2D eigenvalue weighted by Crippen LogP contribution is 2.15. The molecule has 2 aromatic carbocycles. The van der Waals surface area contributed by atoms with Crippen molar-refractivity contribution in [1.29, 1.82) is 0 Å². The molecule has 0 spiro atoms. The van der Waals surface area contributed by atoms with Crippen LogP contribution >= 0.6 is 11.8 Å². The monoisotopic (exact) mass is 494 g/mol. The van der Waals surface area contributed by atoms with Gasteiger partial charge in [-0.2, -0.15) is 16.5 Å². The summed E-state index contributed by atoms with van der Waals surface area (Å²) in [6, 6.07) is 12.2. The number of carbonyl (C=O) groups is 2. The van der Waals surface area contributed by atoms with Crippen LogP contribution in [0.2, 0.25) is 0 Å². The highest BCUT2D eigenvalue weighted by Gasteiger charge is 2.31. The van der Waals surface area contributed by atoms with Gasteiger partial charge in [-0.1, -0.05) is 18.2 Å². The van der Waals surface area contributed by atoms with Crippen LogP contribution in [0.3, 0.4) is 0 Å². The zero-order chi connectivity index (χ0) is 23.8. The van der Waals surface area contributed by atoms with Gasteiger partial charge in [-0.15, -0.1) is 0 Å². The molecule has 1 heterocycles. The fourth-order valence-corrected chi connectivity index (χ4v) is 5.13. The van der Waals surface area contributed by atoms with E-state index in [2.05, 4.69) is 10.0 Å². The molecule has 1 saturated heterocycles. The zero-order valence-corrected chi connectivity index (χ0v) is 19.9. The van der Waals surface area contributed by atoms with Crippen LogP contribution in [0.1, 0.15) is 6.42 Å². The lowest BCUT2D eigenvalue weighted by molar-refractivity contribution is -0.134. The van der Waals surface area contributed by atoms with E-state index in [0.717, 1.165) is 0 Å². The quantitative estimate of drug-likeness (QED) is 0.588. The molecule has 178 valence electrons. The number of urea groups is 1. The number of thioether (sulfide) groups is 1. The lowest BCUT2D eigenvalue weighted by Crippen LogP contribution is -2.56. The second-order valence-electron chi connectivity index (χ2n) is 7.52. The molecule has 0 radical (unpaired) electrons. The van der Waals surface area contributed by atoms with Crippen LogP contribution in [0, 0.1) is 5.82 Å². The molecular formula is C22H27FN4O4S2. The molecule has 1 aliphatic rings. The molecule has 33 heavy (non-hydrogen) atoms. The van der Waals surface area contributed by atoms with Crippen molar-refractivity contribution in [3.8, 4) is 0 Å². The van der Waals surface area contributed by atoms with Crippen LogP contribution in [0.4, 0.5) is 14.9 Å². The molecule has 1 atom stereocenters. The van der Waals surface area contributed by atoms with Gasteiger partial charge in [0.15, 0.2) is 0 Å². The molecule has 3 amide bonds. The molecule has 2 aromatic rings. The first kappa shape index (κ1) is 25.0. The number of amides is 3. The minimum atomic E-state index is -3.84. The van der Waals surface area contributed by atoms with Crippen LogP contribution in [0.15, 0.2) is 59.5 Å². The van der Waals surface area contributed by atoms with Crippen molar-refractivity contribution >= 4 is 39.4 Å². The van der Waals surface area contributed by atoms with Gasteiger partial charge in [0, 0.05) is 31.9 Å². The number of sulfonamides is 1. The first-order valence-electron chi connectivity index (χ1n) is 10.5. The Labute approximate surface area is 197 Å². The maximum atomic E-state index is 13.1. The van der Waals surface area contributed by atoms with Gasteiger partial charge >= 0.3 is 6.03 Å². The average Bonchev–Trinajstić information content (AvgIpc) is 2.83. The van der Waals surface area contributed by atoms with Crippen molar-refractivity contribution in [2.45, 2.75) is 17.4 Å². The van der Waals surface area contributed by atoms with Crippen molar-refractivity contribution < 1.29 is 22.4 Å². The summed E-state index contributed by atoms with van der Waals surface area (Å²) in [6.07, 6.45) is 2.25. The molecule has 11 heteroatoms. The van der Waals surface area contributed by atoms with Crippen molar-refractivity contribution in [2.24, 2.45) is 0 Å². The number of hydrogen-bond acceptors (Lipinski definition) is 5. The van der Waals surface area contributed by atoms with Gasteiger partial charge in [-0.05, 0) is 54.8 Å². The molecule has 2 N–H and O–H groups in total. The van der Waals surface area contributed by atoms with E-state index in [1.165, 1.54) is 48.2 Å². The second-order valence-corrected chi connectivity index (χ2v) is 10.2. The molecule has 8 nitrogen and oxygen atoms in total. The van der Waals surface area contributed by atoms with Gasteiger partial charge in [0.2, 0.25) is 15.9 Å². The number of rotatable bonds is 8. The summed E-state index contributed by atoms with van der Waals surface area (Å²) in [7, 11) is -3.84. The topological polar surface area (TPSA) is 98.8 Å². The van der Waals surface area contributed by atoms with E-state index in [-0.39, 0.29) is 22.7 Å². The standard InChI is InChI=1S/C22H27FN4O4S2/c1-32-16-11-20(25-33(30,31)19-5-3-2-4-6-19)21(28)26-12-14-27(15-13-26)22(29)24-18-9-7-17(23)8-10-18/h2-10,20,25H,11-16H2,1H3,(H,24,29). The smallest absolute Gasteiger partial charge is 0.321 e. The van der Waals surface area contributed by atoms with Crippen LogP contribution in [0.5, 0.6) is 0 Å². The second kappa shape index (κ2) is 11.5. The Hall–Kier alpha value is -2.63. The lowest BCUT2D eigenvalue weighted by atomic mass is 10.2. The summed E-state index contributed by atoms with van der Waals surface area (Å²) in [6.45, 7) is 1.19. The normalized spacial score (nSPS) is 15.2. The Morgan fingerprint density at radius 1 is 1.00 bits per heavy atom. The van der Waals surface area contributed by atoms with E-state index in [0.29, 0.717) is 44.0 Å². The molecule has 0 aliphatic carbocycles. The summed E-state index contributed by atoms with van der Waals surface area (Å²) >= 11 is 1.53. The van der Waals surface area contributed by atoms with Crippen molar-refractivity contribution in [2.75, 3.05) is 43.5 Å². The first-order valence-corrected chi connectivity index (χ1v) is 13.3. The Morgan fingerprint density at radius 2 is 1.61 bits per heavy atom. The van der Waals surface area contributed by atoms with Crippen molar-refractivity contribution in [1.82, 2.24) is 14.5 Å². The number of anilines is 1. The molecular weight excluding hydrogens is 467 g/mol. The van der Waals surface area contributed by atoms with Crippen LogP contribution in [0.25, 0.3) is 0 Å². The Bertz CT molecular complexity index is 1040. The number of nitrogens with zero attached hydrogens (tertiary/aromatic N) is 2. The fourth-order valence-electron chi connectivity index (χ4n) is 3.41. The van der Waals surface area contributed by atoms with E-state index in [4.69, 9.17) is 0 Å². The molecule has 3 rings (SSSR count). The van der Waals surface area contributed by atoms with Gasteiger partial charge in [0.25, 0.3) is 0 Å². The van der Waals surface area contributed by atoms with E-state index < -0.39 is 16.1 Å². The highest BCUT2D eigenvalue weighted by atomic mass is 32.2. The van der Waals surface area contributed by atoms with Crippen molar-refractivity contribution in [3.63, 3.8) is 0 Å². The summed E-state index contributed by atoms with van der Waals surface area (Å²) in [5, 5.41) is 2.71. The molecule has 1 aliphatic heterocycles. The number of hydrogen-bond donors (Lipinski definition) is 2. The van der Waals surface area contributed by atoms with Gasteiger partial charge in [0.1, 0.15) is 11.9 Å². The third-order valence-corrected chi connectivity index (χ3v) is 7.37. The number of carbonyl (C=O) groups excluding carboxylic acids is 2. The van der Waals surface area contributed by atoms with E-state index in [1.54, 1.807) is 28.0 Å². The third kappa shape index (κ3) is 6.92. The third-order valence-electron chi connectivity index (χ3n) is 5.23. The summed E-state index contributed by atoms with van der Waals surface area (Å²) in [5.41, 5.74) is 0.479. The SMILES string of the molecule is CSCCC(NS(=O)(=O)c1ccccc1)C(=O)N1CCN(C(=O)Nc2ccc(F)cc2)CC1. The molecule has 1 fully saturated rings. The predicted molar refractivity (Wildman–Crippen MR) is 127 cm³/mol. The maximum absolute atomic E-state index is 13.1. The van der Waals surface area contributed by atoms with Gasteiger partial charge in [-0.3, -0.25) is 4.79 Å². The number of benzene rings is 2. The minimum absolute atomic E-state index is 0.106. The van der Waals surface area contributed by atoms with E-state index >= 15 is 0 Å². The van der Waals surface area contributed by atoms with Gasteiger partial charge in [0.05, 0.1) is 4.90 Å². The maximum Gasteiger partial charge on any atom is 0.321 e. The zero-order valence-electron chi connectivity index (χ0n) is 18.2. The summed E-state index contributed by atoms with van der Waals surface area (Å²) < 4.78 is 41.1. The Kier molecular flexibility index (Phi) is 8.70. The first-order chi connectivity index (χ1) is 15.8. The molecule has 0 bridgehead atoms. The molecule has 0 aromatic heterocycles. The largest absolute Gasteiger partial charge is 0.338 e. The number of halogens is 1. The highest BCUT2D eigenvalue weighted by molar-refractivity contribution is 7.98. The Morgan fingerprint density at radius 3 is 2.21 bits per heavy atom. The minimum Gasteiger partial charge on any atom is -0.338 e. The van der Waals surface area contributed by atoms with Gasteiger partial charge in [-0.25, -0.2) is 17.6 Å². The van der Waals surface area contributed by atoms with Gasteiger partial charge < -0.3 is 15.1 Å². The molecule has 1 unspecified atom stereocenters. The van der Waals surface area contributed by atoms with E-state index in [1.807, 2.05) is 6.26 Å². The predicted octanol–water partition coefficient (Wildman–Crippen LogP) is 2.60. The van der Waals surface area contributed by atoms with Crippen molar-refractivity contribution in [3.05, 3.63) is 60.4 Å². The fraction of sp³-hybridized carbons (Fsp3) is 0.364. The summed E-state index contributed by atoms with van der Waals surface area (Å²) in [5.74, 6) is -0.0745.